The minimum absolute atomic E-state index is 0.0412. The van der Waals surface area contributed by atoms with Crippen molar-refractivity contribution in [3.8, 4) is 0 Å². The minimum atomic E-state index is -1.03. The van der Waals surface area contributed by atoms with Gasteiger partial charge in [0.1, 0.15) is 5.82 Å². The summed E-state index contributed by atoms with van der Waals surface area (Å²) in [5.74, 6) is -0.678. The van der Waals surface area contributed by atoms with E-state index in [-0.39, 0.29) is 11.8 Å². The molecule has 0 unspecified atom stereocenters. The number of aromatic nitrogens is 1. The summed E-state index contributed by atoms with van der Waals surface area (Å²) in [5.41, 5.74) is 0.931. The van der Waals surface area contributed by atoms with Crippen LogP contribution in [0.2, 0.25) is 0 Å². The summed E-state index contributed by atoms with van der Waals surface area (Å²) in [6.45, 7) is 2.30. The van der Waals surface area contributed by atoms with Gasteiger partial charge in [0, 0.05) is 32.3 Å². The molecule has 7 nitrogen and oxygen atoms in total. The summed E-state index contributed by atoms with van der Waals surface area (Å²) >= 11 is 0. The Balaban J connectivity index is 1.84. The molecule has 3 rings (SSSR count). The predicted octanol–water partition coefficient (Wildman–Crippen LogP) is 0.523. The molecule has 0 aliphatic carbocycles. The molecule has 2 amide bonds. The Kier molecular flexibility index (Phi) is 3.20. The van der Waals surface area contributed by atoms with Crippen LogP contribution in [0.25, 0.3) is 6.08 Å². The maximum atomic E-state index is 12.2. The summed E-state index contributed by atoms with van der Waals surface area (Å²) in [6.07, 6.45) is 4.52. The van der Waals surface area contributed by atoms with Gasteiger partial charge in [-0.25, -0.2) is 9.78 Å². The van der Waals surface area contributed by atoms with Crippen LogP contribution in [0.3, 0.4) is 0 Å². The molecular formula is C15H15N3O4. The van der Waals surface area contributed by atoms with E-state index in [0.29, 0.717) is 30.9 Å². The molecule has 1 spiro atoms. The molecule has 0 atom stereocenters. The van der Waals surface area contributed by atoms with E-state index in [1.807, 2.05) is 6.07 Å². The van der Waals surface area contributed by atoms with E-state index in [0.717, 1.165) is 11.6 Å². The minimum Gasteiger partial charge on any atom is -0.478 e. The number of anilines is 1. The number of aliphatic carboxylic acids is 1. The molecule has 1 aromatic rings. The standard InChI is InChI=1S/C15H15N3O4/c1-9(19)18-7-15(8-18)5-11-4-10(2-3-12(20)21)6-16-13(11)17-14(15)22/h2-4,6H,5,7-8H2,1H3,(H,20,21)(H,16,17,22). The Bertz CT molecular complexity index is 705. The number of nitrogens with one attached hydrogen (secondary N) is 1. The van der Waals surface area contributed by atoms with Crippen molar-refractivity contribution >= 4 is 29.7 Å². The third-order valence-corrected chi connectivity index (χ3v) is 4.08. The molecule has 7 heteroatoms. The molecule has 22 heavy (non-hydrogen) atoms. The Morgan fingerprint density at radius 2 is 2.18 bits per heavy atom. The van der Waals surface area contributed by atoms with Crippen molar-refractivity contribution in [3.05, 3.63) is 29.5 Å². The second kappa shape index (κ2) is 4.94. The molecule has 0 saturated carbocycles. The van der Waals surface area contributed by atoms with Gasteiger partial charge in [-0.05, 0) is 29.7 Å². The van der Waals surface area contributed by atoms with Crippen molar-refractivity contribution in [2.75, 3.05) is 18.4 Å². The average molecular weight is 301 g/mol. The molecular weight excluding hydrogens is 286 g/mol. The first kappa shape index (κ1) is 14.2. The second-order valence-electron chi connectivity index (χ2n) is 5.73. The van der Waals surface area contributed by atoms with Gasteiger partial charge in [-0.2, -0.15) is 0 Å². The quantitative estimate of drug-likeness (QED) is 0.776. The SMILES string of the molecule is CC(=O)N1CC2(Cc3cc(C=CC(=O)O)cnc3NC2=O)C1. The molecule has 114 valence electrons. The molecule has 3 heterocycles. The van der Waals surface area contributed by atoms with Crippen LogP contribution in [-0.2, 0) is 20.8 Å². The highest BCUT2D eigenvalue weighted by molar-refractivity contribution is 5.99. The Morgan fingerprint density at radius 1 is 1.45 bits per heavy atom. The van der Waals surface area contributed by atoms with E-state index < -0.39 is 11.4 Å². The van der Waals surface area contributed by atoms with E-state index in [4.69, 9.17) is 5.11 Å². The zero-order valence-electron chi connectivity index (χ0n) is 12.0. The molecule has 2 N–H and O–H groups in total. The number of carboxylic acids is 1. The highest BCUT2D eigenvalue weighted by Crippen LogP contribution is 2.40. The fraction of sp³-hybridized carbons (Fsp3) is 0.333. The summed E-state index contributed by atoms with van der Waals surface area (Å²) in [6, 6.07) is 1.82. The monoisotopic (exact) mass is 301 g/mol. The van der Waals surface area contributed by atoms with Crippen molar-refractivity contribution in [1.82, 2.24) is 9.88 Å². The van der Waals surface area contributed by atoms with E-state index in [1.54, 1.807) is 4.90 Å². The van der Waals surface area contributed by atoms with Crippen LogP contribution in [0, 0.1) is 5.41 Å². The number of hydrogen-bond donors (Lipinski definition) is 2. The van der Waals surface area contributed by atoms with Crippen LogP contribution in [0.15, 0.2) is 18.3 Å². The van der Waals surface area contributed by atoms with Crippen LogP contribution >= 0.6 is 0 Å². The molecule has 2 aliphatic rings. The maximum absolute atomic E-state index is 12.2. The Labute approximate surface area is 126 Å². The van der Waals surface area contributed by atoms with E-state index in [9.17, 15) is 14.4 Å². The molecule has 0 bridgehead atoms. The third kappa shape index (κ3) is 2.34. The summed E-state index contributed by atoms with van der Waals surface area (Å²) < 4.78 is 0. The number of rotatable bonds is 2. The Hall–Kier alpha value is -2.70. The van der Waals surface area contributed by atoms with Gasteiger partial charge in [-0.15, -0.1) is 0 Å². The van der Waals surface area contributed by atoms with Crippen LogP contribution < -0.4 is 5.32 Å². The van der Waals surface area contributed by atoms with Gasteiger partial charge in [0.05, 0.1) is 5.41 Å². The number of hydrogen-bond acceptors (Lipinski definition) is 4. The molecule has 0 aromatic carbocycles. The van der Waals surface area contributed by atoms with Crippen LogP contribution in [0.5, 0.6) is 0 Å². The maximum Gasteiger partial charge on any atom is 0.328 e. The van der Waals surface area contributed by atoms with Gasteiger partial charge >= 0.3 is 5.97 Å². The number of pyridine rings is 1. The van der Waals surface area contributed by atoms with Gasteiger partial charge in [0.15, 0.2) is 0 Å². The van der Waals surface area contributed by atoms with Crippen molar-refractivity contribution in [1.29, 1.82) is 0 Å². The first-order valence-corrected chi connectivity index (χ1v) is 6.86. The van der Waals surface area contributed by atoms with Crippen molar-refractivity contribution in [2.24, 2.45) is 5.41 Å². The van der Waals surface area contributed by atoms with Crippen LogP contribution in [0.1, 0.15) is 18.1 Å². The zero-order valence-corrected chi connectivity index (χ0v) is 12.0. The fourth-order valence-corrected chi connectivity index (χ4v) is 2.88. The van der Waals surface area contributed by atoms with E-state index >= 15 is 0 Å². The lowest BCUT2D eigenvalue weighted by Gasteiger charge is -2.50. The summed E-state index contributed by atoms with van der Waals surface area (Å²) in [4.78, 5) is 39.9. The number of amides is 2. The van der Waals surface area contributed by atoms with E-state index in [2.05, 4.69) is 10.3 Å². The number of nitrogens with zero attached hydrogens (tertiary/aromatic N) is 2. The largest absolute Gasteiger partial charge is 0.478 e. The number of likely N-dealkylation sites (tertiary alicyclic amines) is 1. The molecule has 1 saturated heterocycles. The number of carboxylic acid groups (broad SMARTS) is 1. The van der Waals surface area contributed by atoms with Gasteiger partial charge < -0.3 is 15.3 Å². The van der Waals surface area contributed by atoms with Crippen molar-refractivity contribution in [2.45, 2.75) is 13.3 Å². The number of carbonyl (C=O) groups is 3. The fourth-order valence-electron chi connectivity index (χ4n) is 2.88. The van der Waals surface area contributed by atoms with Gasteiger partial charge in [0.2, 0.25) is 11.8 Å². The van der Waals surface area contributed by atoms with Gasteiger partial charge in [-0.1, -0.05) is 0 Å². The summed E-state index contributed by atoms with van der Waals surface area (Å²) in [5, 5.41) is 11.4. The highest BCUT2D eigenvalue weighted by Gasteiger charge is 2.52. The van der Waals surface area contributed by atoms with Gasteiger partial charge in [0.25, 0.3) is 0 Å². The highest BCUT2D eigenvalue weighted by atomic mass is 16.4. The second-order valence-corrected chi connectivity index (χ2v) is 5.73. The molecule has 2 aliphatic heterocycles. The number of carbonyl (C=O) groups excluding carboxylic acids is 2. The molecule has 1 aromatic heterocycles. The lowest BCUT2D eigenvalue weighted by Crippen LogP contribution is -2.65. The van der Waals surface area contributed by atoms with E-state index in [1.165, 1.54) is 19.2 Å². The number of fused-ring (bicyclic) bond motifs is 1. The average Bonchev–Trinajstić information content (AvgIpc) is 2.41. The molecule has 0 radical (unpaired) electrons. The smallest absolute Gasteiger partial charge is 0.328 e. The first-order chi connectivity index (χ1) is 10.4. The normalized spacial score (nSPS) is 18.8. The lowest BCUT2D eigenvalue weighted by atomic mass is 9.72. The lowest BCUT2D eigenvalue weighted by molar-refractivity contribution is -0.149. The van der Waals surface area contributed by atoms with Crippen LogP contribution in [0.4, 0.5) is 5.82 Å². The van der Waals surface area contributed by atoms with Gasteiger partial charge in [-0.3, -0.25) is 9.59 Å². The first-order valence-electron chi connectivity index (χ1n) is 6.86. The Morgan fingerprint density at radius 3 is 2.82 bits per heavy atom. The van der Waals surface area contributed by atoms with Crippen molar-refractivity contribution < 1.29 is 19.5 Å². The van der Waals surface area contributed by atoms with Crippen LogP contribution in [-0.4, -0.2) is 45.9 Å². The predicted molar refractivity (Wildman–Crippen MR) is 77.9 cm³/mol. The van der Waals surface area contributed by atoms with Crippen molar-refractivity contribution in [3.63, 3.8) is 0 Å². The topological polar surface area (TPSA) is 99.6 Å². The summed E-state index contributed by atoms with van der Waals surface area (Å²) in [7, 11) is 0. The molecule has 1 fully saturated rings. The zero-order chi connectivity index (χ0) is 15.9. The third-order valence-electron chi connectivity index (χ3n) is 4.08.